The molecule has 0 atom stereocenters. The van der Waals surface area contributed by atoms with Gasteiger partial charge in [0.2, 0.25) is 5.91 Å². The third kappa shape index (κ3) is 3.23. The Bertz CT molecular complexity index is 1100. The molecule has 0 radical (unpaired) electrons. The highest BCUT2D eigenvalue weighted by Gasteiger charge is 2.19. The van der Waals surface area contributed by atoms with Crippen LogP contribution < -0.4 is 5.73 Å². The second-order valence-corrected chi connectivity index (χ2v) is 6.04. The Hall–Kier alpha value is -3.72. The smallest absolute Gasteiger partial charge is 0.250 e. The third-order valence-electron chi connectivity index (χ3n) is 4.57. The van der Waals surface area contributed by atoms with Crippen LogP contribution in [0.5, 0.6) is 0 Å². The first kappa shape index (κ1) is 18.1. The average Bonchev–Trinajstić information content (AvgIpc) is 2.70. The summed E-state index contributed by atoms with van der Waals surface area (Å²) in [5.74, 6) is -0.580. The van der Waals surface area contributed by atoms with Crippen LogP contribution in [-0.4, -0.2) is 12.1 Å². The van der Waals surface area contributed by atoms with Crippen LogP contribution in [0.2, 0.25) is 0 Å². The maximum atomic E-state index is 12.5. The number of nitrogens with two attached hydrogens (primary N) is 1. The Labute approximate surface area is 158 Å². The summed E-state index contributed by atoms with van der Waals surface area (Å²) in [6, 6.07) is 19.2. The monoisotopic (exact) mass is 352 g/mol. The van der Waals surface area contributed by atoms with Crippen molar-refractivity contribution in [2.45, 2.75) is 0 Å². The molecule has 0 saturated carbocycles. The van der Waals surface area contributed by atoms with Gasteiger partial charge in [0, 0.05) is 11.8 Å². The minimum Gasteiger partial charge on any atom is -0.366 e. The van der Waals surface area contributed by atoms with Gasteiger partial charge in [-0.25, -0.2) is 0 Å². The lowest BCUT2D eigenvalue weighted by Crippen LogP contribution is -2.16. The van der Waals surface area contributed by atoms with E-state index >= 15 is 0 Å². The van der Waals surface area contributed by atoms with E-state index in [1.807, 2.05) is 60.7 Å². The number of hydrogen-bond donors (Lipinski definition) is 2. The first-order valence-corrected chi connectivity index (χ1v) is 8.53. The molecule has 3 N–H and O–H groups in total. The minimum absolute atomic E-state index is 0.311. The van der Waals surface area contributed by atoms with Gasteiger partial charge in [0.15, 0.2) is 0 Å². The molecule has 132 valence electrons. The van der Waals surface area contributed by atoms with E-state index in [1.165, 1.54) is 6.21 Å². The first-order valence-electron chi connectivity index (χ1n) is 8.53. The lowest BCUT2D eigenvalue weighted by molar-refractivity contribution is -0.112. The van der Waals surface area contributed by atoms with Crippen molar-refractivity contribution in [3.8, 4) is 0 Å². The molecule has 0 saturated heterocycles. The van der Waals surface area contributed by atoms with Gasteiger partial charge in [-0.05, 0) is 33.0 Å². The number of fused-ring (bicyclic) bond motifs is 1. The van der Waals surface area contributed by atoms with Crippen LogP contribution in [0.15, 0.2) is 73.8 Å². The van der Waals surface area contributed by atoms with E-state index in [1.54, 1.807) is 12.2 Å². The van der Waals surface area contributed by atoms with Crippen LogP contribution in [0.25, 0.3) is 34.1 Å². The highest BCUT2D eigenvalue weighted by Crippen LogP contribution is 2.33. The molecule has 3 rings (SSSR count). The van der Waals surface area contributed by atoms with Gasteiger partial charge in [0.05, 0.1) is 5.57 Å². The van der Waals surface area contributed by atoms with E-state index in [0.29, 0.717) is 16.7 Å². The standard InChI is InChI=1S/C24H20N2O/c1-3-16-10-7-13-20(18(16)4-2)22(15-25)23(24(26)27)21-14-8-11-17-9-5-6-12-19(17)21/h3-15,25H,1-2H2,(H2,26,27)/b23-22+,25-15?. The number of amides is 1. The van der Waals surface area contributed by atoms with Crippen LogP contribution in [0.1, 0.15) is 22.3 Å². The van der Waals surface area contributed by atoms with E-state index in [4.69, 9.17) is 11.1 Å². The highest BCUT2D eigenvalue weighted by molar-refractivity contribution is 6.37. The normalized spacial score (nSPS) is 11.6. The highest BCUT2D eigenvalue weighted by atomic mass is 16.1. The number of primary amides is 1. The molecule has 27 heavy (non-hydrogen) atoms. The summed E-state index contributed by atoms with van der Waals surface area (Å²) in [5.41, 5.74) is 9.67. The summed E-state index contributed by atoms with van der Waals surface area (Å²) < 4.78 is 0. The number of allylic oxidation sites excluding steroid dienone is 1. The lowest BCUT2D eigenvalue weighted by atomic mass is 9.88. The Kier molecular flexibility index (Phi) is 5.13. The maximum Gasteiger partial charge on any atom is 0.250 e. The molecule has 0 heterocycles. The van der Waals surface area contributed by atoms with Crippen molar-refractivity contribution >= 4 is 46.2 Å². The molecule has 1 amide bonds. The molecule has 0 unspecified atom stereocenters. The third-order valence-corrected chi connectivity index (χ3v) is 4.57. The zero-order valence-electron chi connectivity index (χ0n) is 14.9. The average molecular weight is 352 g/mol. The molecule has 0 fully saturated rings. The van der Waals surface area contributed by atoms with Crippen LogP contribution in [0, 0.1) is 5.41 Å². The fourth-order valence-corrected chi connectivity index (χ4v) is 3.36. The van der Waals surface area contributed by atoms with Gasteiger partial charge in [0.25, 0.3) is 0 Å². The SMILES string of the molecule is C=Cc1cccc(/C(C=N)=C(/C(N)=O)c2cccc3ccccc23)c1C=C. The van der Waals surface area contributed by atoms with Crippen molar-refractivity contribution in [3.05, 3.63) is 96.1 Å². The summed E-state index contributed by atoms with van der Waals surface area (Å²) in [4.78, 5) is 12.5. The lowest BCUT2D eigenvalue weighted by Gasteiger charge is -2.15. The Morgan fingerprint density at radius 1 is 0.889 bits per heavy atom. The van der Waals surface area contributed by atoms with Crippen molar-refractivity contribution in [1.82, 2.24) is 0 Å². The van der Waals surface area contributed by atoms with Gasteiger partial charge in [-0.15, -0.1) is 0 Å². The summed E-state index contributed by atoms with van der Waals surface area (Å²) >= 11 is 0. The van der Waals surface area contributed by atoms with Gasteiger partial charge in [-0.1, -0.05) is 86.0 Å². The molecule has 3 aromatic rings. The van der Waals surface area contributed by atoms with E-state index in [0.717, 1.165) is 27.5 Å². The van der Waals surface area contributed by atoms with E-state index in [9.17, 15) is 4.79 Å². The number of carbonyl (C=O) groups excluding carboxylic acids is 1. The number of benzene rings is 3. The molecular weight excluding hydrogens is 332 g/mol. The molecular formula is C24H20N2O. The van der Waals surface area contributed by atoms with Crippen molar-refractivity contribution in [2.75, 3.05) is 0 Å². The van der Waals surface area contributed by atoms with Crippen LogP contribution in [0.4, 0.5) is 0 Å². The number of carbonyl (C=O) groups is 1. The van der Waals surface area contributed by atoms with Crippen molar-refractivity contribution in [3.63, 3.8) is 0 Å². The minimum atomic E-state index is -0.580. The summed E-state index contributed by atoms with van der Waals surface area (Å²) in [6.07, 6.45) is 4.61. The summed E-state index contributed by atoms with van der Waals surface area (Å²) in [7, 11) is 0. The second-order valence-electron chi connectivity index (χ2n) is 6.04. The zero-order chi connectivity index (χ0) is 19.4. The molecule has 0 spiro atoms. The van der Waals surface area contributed by atoms with Gasteiger partial charge in [0.1, 0.15) is 0 Å². The quantitative estimate of drug-likeness (QED) is 0.359. The molecule has 0 bridgehead atoms. The van der Waals surface area contributed by atoms with Gasteiger partial charge < -0.3 is 11.1 Å². The zero-order valence-corrected chi connectivity index (χ0v) is 14.9. The predicted octanol–water partition coefficient (Wildman–Crippen LogP) is 5.17. The molecule has 0 aliphatic heterocycles. The van der Waals surface area contributed by atoms with Crippen molar-refractivity contribution < 1.29 is 4.79 Å². The molecule has 0 aromatic heterocycles. The van der Waals surface area contributed by atoms with E-state index < -0.39 is 5.91 Å². The van der Waals surface area contributed by atoms with Crippen LogP contribution in [0.3, 0.4) is 0 Å². The molecule has 3 nitrogen and oxygen atoms in total. The number of hydrogen-bond acceptors (Lipinski definition) is 2. The predicted molar refractivity (Wildman–Crippen MR) is 115 cm³/mol. The Morgan fingerprint density at radius 3 is 2.22 bits per heavy atom. The summed E-state index contributed by atoms with van der Waals surface area (Å²) in [6.45, 7) is 7.71. The number of nitrogens with one attached hydrogen (secondary N) is 1. The Balaban J connectivity index is 2.43. The first-order chi connectivity index (χ1) is 13.1. The fourth-order valence-electron chi connectivity index (χ4n) is 3.36. The van der Waals surface area contributed by atoms with Gasteiger partial charge in [-0.3, -0.25) is 4.79 Å². The Morgan fingerprint density at radius 2 is 1.56 bits per heavy atom. The molecule has 3 heteroatoms. The van der Waals surface area contributed by atoms with Crippen LogP contribution in [-0.2, 0) is 4.79 Å². The van der Waals surface area contributed by atoms with E-state index in [2.05, 4.69) is 13.2 Å². The maximum absolute atomic E-state index is 12.5. The van der Waals surface area contributed by atoms with Crippen molar-refractivity contribution in [1.29, 1.82) is 5.41 Å². The van der Waals surface area contributed by atoms with Gasteiger partial charge >= 0.3 is 0 Å². The summed E-state index contributed by atoms with van der Waals surface area (Å²) in [5, 5.41) is 9.94. The molecule has 3 aromatic carbocycles. The second kappa shape index (κ2) is 7.67. The molecule has 0 aliphatic rings. The van der Waals surface area contributed by atoms with Crippen molar-refractivity contribution in [2.24, 2.45) is 5.73 Å². The number of rotatable bonds is 6. The topological polar surface area (TPSA) is 66.9 Å². The van der Waals surface area contributed by atoms with E-state index in [-0.39, 0.29) is 0 Å². The molecule has 0 aliphatic carbocycles. The van der Waals surface area contributed by atoms with Crippen LogP contribution >= 0.6 is 0 Å². The fraction of sp³-hybridized carbons (Fsp3) is 0. The van der Waals surface area contributed by atoms with Gasteiger partial charge in [-0.2, -0.15) is 0 Å². The largest absolute Gasteiger partial charge is 0.366 e.